The fraction of sp³-hybridized carbons (Fsp3) is 0.222. The van der Waals surface area contributed by atoms with Crippen LogP contribution in [0.2, 0.25) is 0 Å². The average Bonchev–Trinajstić information content (AvgIpc) is 2.08. The van der Waals surface area contributed by atoms with Gasteiger partial charge in [0.05, 0.1) is 0 Å². The van der Waals surface area contributed by atoms with Gasteiger partial charge < -0.3 is 10.8 Å². The summed E-state index contributed by atoms with van der Waals surface area (Å²) in [5.41, 5.74) is 4.49. The molecule has 1 rings (SSSR count). The molecule has 0 saturated carbocycles. The lowest BCUT2D eigenvalue weighted by Gasteiger charge is -2.12. The molecule has 14 heavy (non-hydrogen) atoms. The number of hydrogen-bond donors (Lipinski definition) is 2. The van der Waals surface area contributed by atoms with Crippen LogP contribution < -0.4 is 5.73 Å². The van der Waals surface area contributed by atoms with E-state index in [1.807, 2.05) is 0 Å². The number of amides is 1. The van der Waals surface area contributed by atoms with E-state index in [1.54, 1.807) is 0 Å². The summed E-state index contributed by atoms with van der Waals surface area (Å²) in [5.74, 6) is -5.59. The molecule has 0 aliphatic heterocycles. The van der Waals surface area contributed by atoms with Crippen molar-refractivity contribution in [3.8, 4) is 5.75 Å². The van der Waals surface area contributed by atoms with E-state index in [2.05, 4.69) is 5.73 Å². The topological polar surface area (TPSA) is 63.3 Å². The predicted molar refractivity (Wildman–Crippen MR) is 46.0 cm³/mol. The zero-order valence-corrected chi connectivity index (χ0v) is 7.21. The Morgan fingerprint density at radius 3 is 2.50 bits per heavy atom. The fourth-order valence-electron chi connectivity index (χ4n) is 0.987. The van der Waals surface area contributed by atoms with Gasteiger partial charge in [-0.05, 0) is 6.07 Å². The van der Waals surface area contributed by atoms with Gasteiger partial charge in [-0.1, -0.05) is 18.2 Å². The van der Waals surface area contributed by atoms with Gasteiger partial charge in [-0.25, -0.2) is 0 Å². The van der Waals surface area contributed by atoms with E-state index in [9.17, 15) is 18.7 Å². The van der Waals surface area contributed by atoms with E-state index in [4.69, 9.17) is 0 Å². The van der Waals surface area contributed by atoms with E-state index >= 15 is 0 Å². The van der Waals surface area contributed by atoms with E-state index in [1.165, 1.54) is 24.3 Å². The standard InChI is InChI=1S/C9H9F2NO2/c10-9(11,8(12)14)5-6-3-1-2-4-7(6)13/h1-4,13H,5H2,(H2,12,14). The molecule has 1 aromatic carbocycles. The SMILES string of the molecule is NC(=O)C(F)(F)Cc1ccccc1O. The molecule has 0 aliphatic rings. The van der Waals surface area contributed by atoms with Crippen molar-refractivity contribution in [1.82, 2.24) is 0 Å². The van der Waals surface area contributed by atoms with Crippen molar-refractivity contribution in [2.75, 3.05) is 0 Å². The van der Waals surface area contributed by atoms with Crippen molar-refractivity contribution < 1.29 is 18.7 Å². The minimum absolute atomic E-state index is 0.00343. The highest BCUT2D eigenvalue weighted by Gasteiger charge is 2.37. The lowest BCUT2D eigenvalue weighted by molar-refractivity contribution is -0.141. The third kappa shape index (κ3) is 2.18. The maximum Gasteiger partial charge on any atom is 0.328 e. The van der Waals surface area contributed by atoms with Crippen molar-refractivity contribution in [1.29, 1.82) is 0 Å². The Bertz CT molecular complexity index is 352. The molecule has 0 fully saturated rings. The van der Waals surface area contributed by atoms with E-state index in [0.29, 0.717) is 0 Å². The maximum atomic E-state index is 12.8. The first kappa shape index (κ1) is 10.4. The Balaban J connectivity index is 2.89. The summed E-state index contributed by atoms with van der Waals surface area (Å²) in [7, 11) is 0. The molecule has 0 spiro atoms. The minimum atomic E-state index is -3.63. The van der Waals surface area contributed by atoms with Gasteiger partial charge in [0.2, 0.25) is 0 Å². The number of aromatic hydroxyl groups is 1. The molecule has 0 radical (unpaired) electrons. The number of benzene rings is 1. The van der Waals surface area contributed by atoms with E-state index in [0.717, 1.165) is 0 Å². The Morgan fingerprint density at radius 1 is 1.43 bits per heavy atom. The zero-order chi connectivity index (χ0) is 10.8. The number of phenols is 1. The molecular formula is C9H9F2NO2. The normalized spacial score (nSPS) is 11.3. The predicted octanol–water partition coefficient (Wildman–Crippen LogP) is 1.06. The lowest BCUT2D eigenvalue weighted by atomic mass is 10.1. The molecule has 0 bridgehead atoms. The van der Waals surface area contributed by atoms with Crippen LogP contribution in [0.3, 0.4) is 0 Å². The summed E-state index contributed by atoms with van der Waals surface area (Å²) in [4.78, 5) is 10.3. The van der Waals surface area contributed by atoms with Crippen LogP contribution in [0.25, 0.3) is 0 Å². The number of primary amides is 1. The molecular weight excluding hydrogens is 192 g/mol. The third-order valence-corrected chi connectivity index (χ3v) is 1.76. The summed E-state index contributed by atoms with van der Waals surface area (Å²) >= 11 is 0. The van der Waals surface area contributed by atoms with Crippen molar-refractivity contribution >= 4 is 5.91 Å². The van der Waals surface area contributed by atoms with Crippen LogP contribution in [0.15, 0.2) is 24.3 Å². The number of alkyl halides is 2. The molecule has 5 heteroatoms. The average molecular weight is 201 g/mol. The number of rotatable bonds is 3. The molecule has 1 aromatic rings. The Morgan fingerprint density at radius 2 is 2.00 bits per heavy atom. The Hall–Kier alpha value is -1.65. The van der Waals surface area contributed by atoms with Gasteiger partial charge in [-0.15, -0.1) is 0 Å². The van der Waals surface area contributed by atoms with Crippen LogP contribution >= 0.6 is 0 Å². The number of para-hydroxylation sites is 1. The van der Waals surface area contributed by atoms with Crippen molar-refractivity contribution in [3.63, 3.8) is 0 Å². The summed E-state index contributed by atoms with van der Waals surface area (Å²) in [6, 6.07) is 5.58. The van der Waals surface area contributed by atoms with Crippen LogP contribution in [0.1, 0.15) is 5.56 Å². The second kappa shape index (κ2) is 3.61. The zero-order valence-electron chi connectivity index (χ0n) is 7.21. The Labute approximate surface area is 79.2 Å². The number of carbonyl (C=O) groups is 1. The third-order valence-electron chi connectivity index (χ3n) is 1.76. The number of halogens is 2. The number of carbonyl (C=O) groups excluding carboxylic acids is 1. The largest absolute Gasteiger partial charge is 0.508 e. The molecule has 3 nitrogen and oxygen atoms in total. The van der Waals surface area contributed by atoms with Gasteiger partial charge >= 0.3 is 5.92 Å². The lowest BCUT2D eigenvalue weighted by Crippen LogP contribution is -2.37. The maximum absolute atomic E-state index is 12.8. The molecule has 0 aliphatic carbocycles. The quantitative estimate of drug-likeness (QED) is 0.767. The van der Waals surface area contributed by atoms with Crippen LogP contribution in [0.4, 0.5) is 8.78 Å². The van der Waals surface area contributed by atoms with Crippen molar-refractivity contribution in [2.24, 2.45) is 5.73 Å². The first-order chi connectivity index (χ1) is 6.43. The van der Waals surface area contributed by atoms with Crippen molar-refractivity contribution in [3.05, 3.63) is 29.8 Å². The summed E-state index contributed by atoms with van der Waals surface area (Å²) in [6.45, 7) is 0. The van der Waals surface area contributed by atoms with Crippen LogP contribution in [-0.4, -0.2) is 16.9 Å². The van der Waals surface area contributed by atoms with Gasteiger partial charge in [0, 0.05) is 12.0 Å². The molecule has 76 valence electrons. The van der Waals surface area contributed by atoms with Gasteiger partial charge in [-0.2, -0.15) is 8.78 Å². The van der Waals surface area contributed by atoms with Crippen LogP contribution in [-0.2, 0) is 11.2 Å². The monoisotopic (exact) mass is 201 g/mol. The second-order valence-electron chi connectivity index (χ2n) is 2.87. The highest BCUT2D eigenvalue weighted by Crippen LogP contribution is 2.25. The van der Waals surface area contributed by atoms with Crippen LogP contribution in [0, 0.1) is 0 Å². The molecule has 0 aromatic heterocycles. The first-order valence-corrected chi connectivity index (χ1v) is 3.88. The van der Waals surface area contributed by atoms with Gasteiger partial charge in [0.15, 0.2) is 0 Å². The number of nitrogens with two attached hydrogens (primary N) is 1. The van der Waals surface area contributed by atoms with Gasteiger partial charge in [0.1, 0.15) is 5.75 Å². The molecule has 3 N–H and O–H groups in total. The number of hydrogen-bond acceptors (Lipinski definition) is 2. The van der Waals surface area contributed by atoms with Crippen molar-refractivity contribution in [2.45, 2.75) is 12.3 Å². The molecule has 0 atom stereocenters. The van der Waals surface area contributed by atoms with Crippen LogP contribution in [0.5, 0.6) is 5.75 Å². The molecule has 0 heterocycles. The first-order valence-electron chi connectivity index (χ1n) is 3.88. The summed E-state index contributed by atoms with van der Waals surface area (Å²) in [5, 5.41) is 9.17. The molecule has 0 unspecified atom stereocenters. The highest BCUT2D eigenvalue weighted by atomic mass is 19.3. The molecule has 0 saturated heterocycles. The Kier molecular flexibility index (Phi) is 2.69. The number of phenolic OH excluding ortho intramolecular Hbond substituents is 1. The van der Waals surface area contributed by atoms with E-state index in [-0.39, 0.29) is 11.3 Å². The van der Waals surface area contributed by atoms with E-state index < -0.39 is 18.3 Å². The summed E-state index contributed by atoms with van der Waals surface area (Å²) < 4.78 is 25.7. The smallest absolute Gasteiger partial charge is 0.328 e. The highest BCUT2D eigenvalue weighted by molar-refractivity contribution is 5.81. The second-order valence-corrected chi connectivity index (χ2v) is 2.87. The minimum Gasteiger partial charge on any atom is -0.508 e. The van der Waals surface area contributed by atoms with Gasteiger partial charge in [-0.3, -0.25) is 4.79 Å². The fourth-order valence-corrected chi connectivity index (χ4v) is 0.987. The summed E-state index contributed by atoms with van der Waals surface area (Å²) in [6.07, 6.45) is -0.880. The molecule has 1 amide bonds. The van der Waals surface area contributed by atoms with Gasteiger partial charge in [0.25, 0.3) is 5.91 Å².